The minimum atomic E-state index is -0.273. The lowest BCUT2D eigenvalue weighted by molar-refractivity contribution is 0.0609. The van der Waals surface area contributed by atoms with Crippen molar-refractivity contribution in [3.63, 3.8) is 0 Å². The number of hydrogen-bond acceptors (Lipinski definition) is 4. The van der Waals surface area contributed by atoms with Crippen molar-refractivity contribution in [3.05, 3.63) is 53.1 Å². The molecule has 2 heterocycles. The van der Waals surface area contributed by atoms with Crippen LogP contribution in [0.2, 0.25) is 0 Å². The van der Waals surface area contributed by atoms with E-state index in [4.69, 9.17) is 0 Å². The SMILES string of the molecule is Cc1nc(N(C)C)ncc1C(=O)N1CCCCC1c1cccc(F)c1. The maximum atomic E-state index is 13.6. The summed E-state index contributed by atoms with van der Waals surface area (Å²) in [6.45, 7) is 2.48. The minimum Gasteiger partial charge on any atom is -0.347 e. The number of rotatable bonds is 3. The number of benzene rings is 1. The van der Waals surface area contributed by atoms with Gasteiger partial charge in [-0.15, -0.1) is 0 Å². The Morgan fingerprint density at radius 3 is 2.80 bits per heavy atom. The molecule has 0 radical (unpaired) electrons. The second-order valence-corrected chi connectivity index (χ2v) is 6.63. The van der Waals surface area contributed by atoms with Gasteiger partial charge in [-0.2, -0.15) is 0 Å². The van der Waals surface area contributed by atoms with Gasteiger partial charge in [0.05, 0.1) is 17.3 Å². The maximum Gasteiger partial charge on any atom is 0.257 e. The molecule has 132 valence electrons. The lowest BCUT2D eigenvalue weighted by Crippen LogP contribution is -2.39. The average molecular weight is 342 g/mol. The molecule has 1 saturated heterocycles. The van der Waals surface area contributed by atoms with E-state index >= 15 is 0 Å². The van der Waals surface area contributed by atoms with Crippen LogP contribution in [0.1, 0.15) is 46.9 Å². The molecule has 1 aliphatic heterocycles. The van der Waals surface area contributed by atoms with Crippen molar-refractivity contribution < 1.29 is 9.18 Å². The van der Waals surface area contributed by atoms with E-state index in [-0.39, 0.29) is 17.8 Å². The van der Waals surface area contributed by atoms with E-state index in [0.717, 1.165) is 24.8 Å². The number of hydrogen-bond donors (Lipinski definition) is 0. The Labute approximate surface area is 147 Å². The van der Waals surface area contributed by atoms with Crippen molar-refractivity contribution in [3.8, 4) is 0 Å². The van der Waals surface area contributed by atoms with Gasteiger partial charge in [0, 0.05) is 26.8 Å². The molecule has 1 atom stereocenters. The Hall–Kier alpha value is -2.50. The van der Waals surface area contributed by atoms with Gasteiger partial charge < -0.3 is 9.80 Å². The van der Waals surface area contributed by atoms with Crippen molar-refractivity contribution in [1.29, 1.82) is 0 Å². The summed E-state index contributed by atoms with van der Waals surface area (Å²) >= 11 is 0. The number of nitrogens with zero attached hydrogens (tertiary/aromatic N) is 4. The van der Waals surface area contributed by atoms with Crippen molar-refractivity contribution in [1.82, 2.24) is 14.9 Å². The van der Waals surface area contributed by atoms with Gasteiger partial charge in [-0.3, -0.25) is 4.79 Å². The predicted molar refractivity (Wildman–Crippen MR) is 95.1 cm³/mol. The highest BCUT2D eigenvalue weighted by Gasteiger charge is 2.30. The van der Waals surface area contributed by atoms with E-state index in [0.29, 0.717) is 23.8 Å². The molecule has 0 saturated carbocycles. The molecule has 25 heavy (non-hydrogen) atoms. The number of aryl methyl sites for hydroxylation is 1. The second-order valence-electron chi connectivity index (χ2n) is 6.63. The van der Waals surface area contributed by atoms with Crippen molar-refractivity contribution >= 4 is 11.9 Å². The maximum absolute atomic E-state index is 13.6. The third-order valence-electron chi connectivity index (χ3n) is 4.59. The van der Waals surface area contributed by atoms with Gasteiger partial charge in [-0.05, 0) is 43.9 Å². The fourth-order valence-electron chi connectivity index (χ4n) is 3.27. The molecular formula is C19H23FN4O. The van der Waals surface area contributed by atoms with Gasteiger partial charge in [0.25, 0.3) is 5.91 Å². The van der Waals surface area contributed by atoms with Gasteiger partial charge in [-0.25, -0.2) is 14.4 Å². The molecule has 1 amide bonds. The fraction of sp³-hybridized carbons (Fsp3) is 0.421. The van der Waals surface area contributed by atoms with Crippen LogP contribution in [0.3, 0.4) is 0 Å². The number of carbonyl (C=O) groups excluding carboxylic acids is 1. The summed E-state index contributed by atoms with van der Waals surface area (Å²) < 4.78 is 13.6. The minimum absolute atomic E-state index is 0.0863. The summed E-state index contributed by atoms with van der Waals surface area (Å²) in [5.41, 5.74) is 2.01. The Morgan fingerprint density at radius 1 is 1.32 bits per heavy atom. The molecule has 1 aromatic carbocycles. The topological polar surface area (TPSA) is 49.3 Å². The van der Waals surface area contributed by atoms with E-state index in [1.165, 1.54) is 12.1 Å². The predicted octanol–water partition coefficient (Wildman–Crippen LogP) is 3.36. The summed E-state index contributed by atoms with van der Waals surface area (Å²) in [5, 5.41) is 0. The summed E-state index contributed by atoms with van der Waals surface area (Å²) in [6.07, 6.45) is 4.41. The average Bonchev–Trinajstić information content (AvgIpc) is 2.61. The van der Waals surface area contributed by atoms with Crippen molar-refractivity contribution in [2.45, 2.75) is 32.2 Å². The number of anilines is 1. The molecule has 1 fully saturated rings. The lowest BCUT2D eigenvalue weighted by Gasteiger charge is -2.36. The first-order valence-electron chi connectivity index (χ1n) is 8.55. The van der Waals surface area contributed by atoms with Gasteiger partial charge in [0.15, 0.2) is 0 Å². The number of piperidine rings is 1. The van der Waals surface area contributed by atoms with Gasteiger partial charge in [0.1, 0.15) is 5.82 Å². The van der Waals surface area contributed by atoms with Gasteiger partial charge >= 0.3 is 0 Å². The molecule has 0 spiro atoms. The first-order chi connectivity index (χ1) is 12.0. The molecule has 3 rings (SSSR count). The van der Waals surface area contributed by atoms with Crippen LogP contribution in [0.4, 0.5) is 10.3 Å². The molecule has 2 aromatic rings. The Morgan fingerprint density at radius 2 is 2.12 bits per heavy atom. The second kappa shape index (κ2) is 7.17. The Balaban J connectivity index is 1.91. The highest BCUT2D eigenvalue weighted by Crippen LogP contribution is 2.32. The standard InChI is InChI=1S/C19H23FN4O/c1-13-16(12-21-19(22-13)23(2)3)18(25)24-10-5-4-9-17(24)14-7-6-8-15(20)11-14/h6-8,11-12,17H,4-5,9-10H2,1-3H3. The molecule has 0 aliphatic carbocycles. The highest BCUT2D eigenvalue weighted by atomic mass is 19.1. The Kier molecular flexibility index (Phi) is 4.97. The number of halogens is 1. The summed E-state index contributed by atoms with van der Waals surface area (Å²) in [5.74, 6) is 0.219. The van der Waals surface area contributed by atoms with Crippen LogP contribution in [-0.2, 0) is 0 Å². The van der Waals surface area contributed by atoms with E-state index in [9.17, 15) is 9.18 Å². The zero-order valence-corrected chi connectivity index (χ0v) is 14.9. The molecule has 0 N–H and O–H groups in total. The third-order valence-corrected chi connectivity index (χ3v) is 4.59. The molecule has 1 aromatic heterocycles. The summed E-state index contributed by atoms with van der Waals surface area (Å²) in [6, 6.07) is 6.43. The van der Waals surface area contributed by atoms with Crippen LogP contribution in [-0.4, -0.2) is 41.4 Å². The molecule has 5 nitrogen and oxygen atoms in total. The first kappa shape index (κ1) is 17.3. The van der Waals surface area contributed by atoms with Crippen LogP contribution < -0.4 is 4.90 Å². The monoisotopic (exact) mass is 342 g/mol. The quantitative estimate of drug-likeness (QED) is 0.858. The normalized spacial score (nSPS) is 17.4. The van der Waals surface area contributed by atoms with Gasteiger partial charge in [-0.1, -0.05) is 12.1 Å². The van der Waals surface area contributed by atoms with Crippen LogP contribution >= 0.6 is 0 Å². The van der Waals surface area contributed by atoms with Gasteiger partial charge in [0.2, 0.25) is 5.95 Å². The molecule has 0 bridgehead atoms. The number of likely N-dealkylation sites (tertiary alicyclic amines) is 1. The van der Waals surface area contributed by atoms with Crippen LogP contribution in [0.25, 0.3) is 0 Å². The fourth-order valence-corrected chi connectivity index (χ4v) is 3.27. The zero-order valence-electron chi connectivity index (χ0n) is 14.9. The number of aromatic nitrogens is 2. The largest absolute Gasteiger partial charge is 0.347 e. The van der Waals surface area contributed by atoms with Crippen LogP contribution in [0, 0.1) is 12.7 Å². The van der Waals surface area contributed by atoms with Crippen molar-refractivity contribution in [2.24, 2.45) is 0 Å². The summed E-state index contributed by atoms with van der Waals surface area (Å²) in [4.78, 5) is 25.4. The van der Waals surface area contributed by atoms with E-state index in [1.54, 1.807) is 17.2 Å². The number of amides is 1. The van der Waals surface area contributed by atoms with Crippen LogP contribution in [0.15, 0.2) is 30.5 Å². The van der Waals surface area contributed by atoms with Crippen molar-refractivity contribution in [2.75, 3.05) is 25.5 Å². The van der Waals surface area contributed by atoms with E-state index in [2.05, 4.69) is 9.97 Å². The number of carbonyl (C=O) groups is 1. The summed E-state index contributed by atoms with van der Waals surface area (Å²) in [7, 11) is 3.72. The van der Waals surface area contributed by atoms with Crippen LogP contribution in [0.5, 0.6) is 0 Å². The van der Waals surface area contributed by atoms with E-state index in [1.807, 2.05) is 32.0 Å². The smallest absolute Gasteiger partial charge is 0.257 e. The first-order valence-corrected chi connectivity index (χ1v) is 8.55. The molecule has 6 heteroatoms. The molecule has 1 aliphatic rings. The lowest BCUT2D eigenvalue weighted by atomic mass is 9.94. The highest BCUT2D eigenvalue weighted by molar-refractivity contribution is 5.95. The third kappa shape index (κ3) is 3.62. The van der Waals surface area contributed by atoms with E-state index < -0.39 is 0 Å². The zero-order chi connectivity index (χ0) is 18.0. The molecular weight excluding hydrogens is 319 g/mol. The Bertz CT molecular complexity index is 778. The molecule has 1 unspecified atom stereocenters.